The summed E-state index contributed by atoms with van der Waals surface area (Å²) >= 11 is 0. The fourth-order valence-corrected chi connectivity index (χ4v) is 5.34. The Morgan fingerprint density at radius 3 is 2.32 bits per heavy atom. The first-order valence-electron chi connectivity index (χ1n) is 15.7. The van der Waals surface area contributed by atoms with Gasteiger partial charge in [0.1, 0.15) is 35.3 Å². The van der Waals surface area contributed by atoms with E-state index in [0.717, 1.165) is 5.56 Å². The number of nitrogens with zero attached hydrogens (tertiary/aromatic N) is 1. The lowest BCUT2D eigenvalue weighted by Crippen LogP contribution is -2.48. The van der Waals surface area contributed by atoms with Gasteiger partial charge in [0.25, 0.3) is 0 Å². The molecule has 0 aliphatic heterocycles. The second-order valence-electron chi connectivity index (χ2n) is 12.9. The zero-order valence-electron chi connectivity index (χ0n) is 27.8. The smallest absolute Gasteiger partial charge is 0.329 e. The zero-order chi connectivity index (χ0) is 34.5. The average molecular weight is 646 g/mol. The lowest BCUT2D eigenvalue weighted by molar-refractivity contribution is -0.159. The molecular weight excluding hydrogens is 602 g/mol. The van der Waals surface area contributed by atoms with Crippen molar-refractivity contribution in [3.63, 3.8) is 0 Å². The predicted molar refractivity (Wildman–Crippen MR) is 177 cm³/mol. The van der Waals surface area contributed by atoms with Gasteiger partial charge in [-0.15, -0.1) is 0 Å². The molecule has 11 nitrogen and oxygen atoms in total. The zero-order valence-corrected chi connectivity index (χ0v) is 27.8. The van der Waals surface area contributed by atoms with E-state index in [-0.39, 0.29) is 18.4 Å². The standard InChI is InChI=1S/C36H43N3O8/c1-8-27(35(44)47-36(4,5)6)38-32(40)25-16-23(17-26(25)33(41)39-31(20(2)3)34(42)43)46-30-19-28(21-12-10-9-11-13-21)37-29-18-22(45-7)14-15-24(29)30/h9-15,17-20,23,25,27,31H,8,16H2,1-7H3,(H,38,40)(H,39,41)(H,42,43)/t23-,25-,27+,31-/m1/s1. The number of benzene rings is 2. The summed E-state index contributed by atoms with van der Waals surface area (Å²) < 4.78 is 17.4. The number of carbonyl (C=O) groups excluding carboxylic acids is 3. The highest BCUT2D eigenvalue weighted by Gasteiger charge is 2.40. The maximum absolute atomic E-state index is 13.7. The third kappa shape index (κ3) is 8.66. The number of methoxy groups -OCH3 is 1. The van der Waals surface area contributed by atoms with Crippen molar-refractivity contribution in [1.29, 1.82) is 0 Å². The van der Waals surface area contributed by atoms with Crippen molar-refractivity contribution in [2.24, 2.45) is 11.8 Å². The molecule has 4 atom stereocenters. The number of hydrogen-bond donors (Lipinski definition) is 3. The number of nitrogens with one attached hydrogen (secondary N) is 2. The summed E-state index contributed by atoms with van der Waals surface area (Å²) in [5.74, 6) is -3.39. The number of carboxylic acids is 1. The number of hydrogen-bond acceptors (Lipinski definition) is 8. The fraction of sp³-hybridized carbons (Fsp3) is 0.417. The number of ether oxygens (including phenoxy) is 3. The van der Waals surface area contributed by atoms with Crippen LogP contribution in [0.3, 0.4) is 0 Å². The minimum atomic E-state index is -1.19. The lowest BCUT2D eigenvalue weighted by Gasteiger charge is -2.25. The molecule has 0 fully saturated rings. The monoisotopic (exact) mass is 645 g/mol. The Balaban J connectivity index is 1.70. The number of carbonyl (C=O) groups is 4. The molecule has 250 valence electrons. The number of rotatable bonds is 12. The van der Waals surface area contributed by atoms with Crippen molar-refractivity contribution in [3.8, 4) is 22.8 Å². The molecule has 1 heterocycles. The summed E-state index contributed by atoms with van der Waals surface area (Å²) in [5.41, 5.74) is 1.44. The molecule has 0 saturated carbocycles. The molecule has 4 rings (SSSR count). The van der Waals surface area contributed by atoms with Crippen molar-refractivity contribution in [2.45, 2.75) is 78.2 Å². The first-order chi connectivity index (χ1) is 22.2. The summed E-state index contributed by atoms with van der Waals surface area (Å²) in [4.78, 5) is 56.9. The largest absolute Gasteiger partial charge is 0.497 e. The molecule has 11 heteroatoms. The number of esters is 1. The van der Waals surface area contributed by atoms with Gasteiger partial charge in [0, 0.05) is 35.1 Å². The number of aromatic nitrogens is 1. The van der Waals surface area contributed by atoms with Gasteiger partial charge < -0.3 is 30.0 Å². The molecular formula is C36H43N3O8. The van der Waals surface area contributed by atoms with Crippen LogP contribution in [-0.4, -0.2) is 64.7 Å². The third-order valence-corrected chi connectivity index (χ3v) is 7.75. The van der Waals surface area contributed by atoms with Crippen LogP contribution in [0.1, 0.15) is 54.4 Å². The van der Waals surface area contributed by atoms with Crippen LogP contribution in [0.2, 0.25) is 0 Å². The van der Waals surface area contributed by atoms with Crippen molar-refractivity contribution < 1.29 is 38.5 Å². The van der Waals surface area contributed by atoms with E-state index in [1.807, 2.05) is 36.4 Å². The predicted octanol–water partition coefficient (Wildman–Crippen LogP) is 5.07. The van der Waals surface area contributed by atoms with Gasteiger partial charge in [0.05, 0.1) is 24.2 Å². The molecule has 1 aliphatic rings. The molecule has 0 radical (unpaired) electrons. The van der Waals surface area contributed by atoms with Crippen LogP contribution >= 0.6 is 0 Å². The minimum absolute atomic E-state index is 0.0572. The van der Waals surface area contributed by atoms with E-state index in [4.69, 9.17) is 19.2 Å². The van der Waals surface area contributed by atoms with Crippen LogP contribution in [0.25, 0.3) is 22.2 Å². The van der Waals surface area contributed by atoms with Gasteiger partial charge in [-0.2, -0.15) is 0 Å². The number of pyridine rings is 1. The normalized spacial score (nSPS) is 17.4. The van der Waals surface area contributed by atoms with Gasteiger partial charge in [-0.25, -0.2) is 14.6 Å². The minimum Gasteiger partial charge on any atom is -0.497 e. The van der Waals surface area contributed by atoms with Crippen LogP contribution in [0, 0.1) is 11.8 Å². The Labute approximate surface area is 274 Å². The molecule has 3 N–H and O–H groups in total. The Kier molecular flexibility index (Phi) is 10.9. The lowest BCUT2D eigenvalue weighted by atomic mass is 9.97. The van der Waals surface area contributed by atoms with Crippen LogP contribution in [-0.2, 0) is 23.9 Å². The van der Waals surface area contributed by atoms with Gasteiger partial charge in [-0.1, -0.05) is 51.1 Å². The molecule has 2 aromatic carbocycles. The van der Waals surface area contributed by atoms with Crippen LogP contribution in [0.5, 0.6) is 11.5 Å². The summed E-state index contributed by atoms with van der Waals surface area (Å²) in [7, 11) is 1.57. The van der Waals surface area contributed by atoms with E-state index in [1.165, 1.54) is 0 Å². The van der Waals surface area contributed by atoms with Crippen molar-refractivity contribution >= 4 is 34.7 Å². The second-order valence-corrected chi connectivity index (χ2v) is 12.9. The van der Waals surface area contributed by atoms with E-state index in [1.54, 1.807) is 72.9 Å². The fourth-order valence-electron chi connectivity index (χ4n) is 5.34. The first kappa shape index (κ1) is 34.9. The van der Waals surface area contributed by atoms with Gasteiger partial charge in [-0.3, -0.25) is 9.59 Å². The molecule has 47 heavy (non-hydrogen) atoms. The van der Waals surface area contributed by atoms with Crippen LogP contribution < -0.4 is 20.1 Å². The van der Waals surface area contributed by atoms with Gasteiger partial charge in [0.15, 0.2) is 0 Å². The average Bonchev–Trinajstić information content (AvgIpc) is 3.45. The van der Waals surface area contributed by atoms with Gasteiger partial charge >= 0.3 is 11.9 Å². The molecule has 3 aromatic rings. The molecule has 1 aliphatic carbocycles. The number of fused-ring (bicyclic) bond motifs is 1. The van der Waals surface area contributed by atoms with Gasteiger partial charge in [-0.05, 0) is 51.3 Å². The molecule has 0 bridgehead atoms. The van der Waals surface area contributed by atoms with E-state index in [9.17, 15) is 24.3 Å². The van der Waals surface area contributed by atoms with E-state index < -0.39 is 59.4 Å². The van der Waals surface area contributed by atoms with E-state index in [0.29, 0.717) is 28.1 Å². The van der Waals surface area contributed by atoms with Crippen LogP contribution in [0.15, 0.2) is 66.2 Å². The summed E-state index contributed by atoms with van der Waals surface area (Å²) in [6.45, 7) is 10.3. The molecule has 0 saturated heterocycles. The number of carboxylic acid groups (broad SMARTS) is 1. The molecule has 2 amide bonds. The van der Waals surface area contributed by atoms with Crippen molar-refractivity contribution in [2.75, 3.05) is 7.11 Å². The maximum Gasteiger partial charge on any atom is 0.329 e. The second kappa shape index (κ2) is 14.7. The number of amides is 2. The van der Waals surface area contributed by atoms with E-state index in [2.05, 4.69) is 10.6 Å². The quantitative estimate of drug-likeness (QED) is 0.229. The Hall–Kier alpha value is -4.93. The van der Waals surface area contributed by atoms with Crippen molar-refractivity contribution in [1.82, 2.24) is 15.6 Å². The van der Waals surface area contributed by atoms with Gasteiger partial charge in [0.2, 0.25) is 11.8 Å². The van der Waals surface area contributed by atoms with E-state index >= 15 is 0 Å². The first-order valence-corrected chi connectivity index (χ1v) is 15.7. The van der Waals surface area contributed by atoms with Crippen molar-refractivity contribution in [3.05, 3.63) is 66.2 Å². The Morgan fingerprint density at radius 1 is 1.02 bits per heavy atom. The summed E-state index contributed by atoms with van der Waals surface area (Å²) in [6.07, 6.45) is 1.14. The highest BCUT2D eigenvalue weighted by atomic mass is 16.6. The SMILES string of the molecule is CC[C@H](NC(=O)[C@@H]1C[C@@H](Oc2cc(-c3ccccc3)nc3cc(OC)ccc23)C=C1C(=O)N[C@@H](C(=O)O)C(C)C)C(=O)OC(C)(C)C. The summed E-state index contributed by atoms with van der Waals surface area (Å²) in [6, 6.07) is 14.7. The molecule has 1 aromatic heterocycles. The maximum atomic E-state index is 13.7. The number of aliphatic carboxylic acids is 1. The Bertz CT molecular complexity index is 1660. The molecule has 0 spiro atoms. The Morgan fingerprint density at radius 2 is 1.72 bits per heavy atom. The topological polar surface area (TPSA) is 153 Å². The highest BCUT2D eigenvalue weighted by molar-refractivity contribution is 6.03. The van der Waals surface area contributed by atoms with Crippen LogP contribution in [0.4, 0.5) is 0 Å². The molecule has 0 unspecified atom stereocenters. The highest BCUT2D eigenvalue weighted by Crippen LogP contribution is 2.36. The summed E-state index contributed by atoms with van der Waals surface area (Å²) in [5, 5.41) is 15.7. The third-order valence-electron chi connectivity index (χ3n) is 7.75.